The van der Waals surface area contributed by atoms with Gasteiger partial charge < -0.3 is 19.6 Å². The molecule has 3 aromatic carbocycles. The van der Waals surface area contributed by atoms with E-state index in [-0.39, 0.29) is 34.1 Å². The molecule has 1 atom stereocenters. The number of hydrogen-bond donors (Lipinski definition) is 2. The summed E-state index contributed by atoms with van der Waals surface area (Å²) in [5.41, 5.74) is 2.71. The predicted molar refractivity (Wildman–Crippen MR) is 148 cm³/mol. The van der Waals surface area contributed by atoms with Crippen LogP contribution in [0.1, 0.15) is 45.0 Å². The summed E-state index contributed by atoms with van der Waals surface area (Å²) < 4.78 is 22.3. The first-order valence-electron chi connectivity index (χ1n) is 11.7. The van der Waals surface area contributed by atoms with E-state index >= 15 is 4.39 Å². The first kappa shape index (κ1) is 27.9. The fourth-order valence-corrected chi connectivity index (χ4v) is 4.71. The molecule has 0 radical (unpaired) electrons. The number of carboxylic acid groups (broad SMARTS) is 1. The maximum atomic E-state index is 15.3. The van der Waals surface area contributed by atoms with Crippen LogP contribution in [0, 0.1) is 12.7 Å². The average Bonchev–Trinajstić information content (AvgIpc) is 2.89. The number of carboxylic acids is 1. The summed E-state index contributed by atoms with van der Waals surface area (Å²) in [6, 6.07) is 16.8. The molecule has 39 heavy (non-hydrogen) atoms. The summed E-state index contributed by atoms with van der Waals surface area (Å²) >= 11 is 12.1. The molecule has 7 nitrogen and oxygen atoms in total. The molecule has 1 aromatic heterocycles. The summed E-state index contributed by atoms with van der Waals surface area (Å²) in [5.74, 6) is -2.37. The van der Waals surface area contributed by atoms with E-state index in [1.165, 1.54) is 41.0 Å². The summed E-state index contributed by atoms with van der Waals surface area (Å²) in [7, 11) is 1.59. The molecule has 1 unspecified atom stereocenters. The van der Waals surface area contributed by atoms with Gasteiger partial charge >= 0.3 is 5.97 Å². The maximum absolute atomic E-state index is 15.3. The molecule has 0 aliphatic rings. The van der Waals surface area contributed by atoms with Gasteiger partial charge in [0.25, 0.3) is 0 Å². The SMILES string of the molecule is Cc1cc(Cl)ccc1C(C/C(=N/O)c1ccc(=O)n(C)c1)c1ccc(Oc2ccc(Cl)c(C(=O)O)c2)c(F)c1. The second-order valence-electron chi connectivity index (χ2n) is 8.91. The summed E-state index contributed by atoms with van der Waals surface area (Å²) in [5, 5.41) is 23.2. The lowest BCUT2D eigenvalue weighted by atomic mass is 9.83. The third kappa shape index (κ3) is 6.30. The molecule has 10 heteroatoms. The van der Waals surface area contributed by atoms with Gasteiger partial charge in [0.05, 0.1) is 16.3 Å². The Morgan fingerprint density at radius 1 is 1.08 bits per heavy atom. The van der Waals surface area contributed by atoms with E-state index in [0.717, 1.165) is 11.1 Å². The van der Waals surface area contributed by atoms with Gasteiger partial charge in [-0.05, 0) is 72.1 Å². The van der Waals surface area contributed by atoms with Gasteiger partial charge in [0, 0.05) is 42.2 Å². The lowest BCUT2D eigenvalue weighted by Crippen LogP contribution is -2.18. The lowest BCUT2D eigenvalue weighted by molar-refractivity contribution is 0.0696. The van der Waals surface area contributed by atoms with Crippen molar-refractivity contribution < 1.29 is 24.2 Å². The number of aryl methyl sites for hydroxylation is 2. The van der Waals surface area contributed by atoms with Gasteiger partial charge in [-0.3, -0.25) is 4.79 Å². The van der Waals surface area contributed by atoms with Crippen molar-refractivity contribution in [3.05, 3.63) is 127 Å². The number of pyridine rings is 1. The maximum Gasteiger partial charge on any atom is 0.337 e. The second-order valence-corrected chi connectivity index (χ2v) is 9.75. The average molecular weight is 569 g/mol. The number of rotatable bonds is 8. The molecule has 0 aliphatic heterocycles. The zero-order valence-corrected chi connectivity index (χ0v) is 22.4. The van der Waals surface area contributed by atoms with E-state index < -0.39 is 17.7 Å². The summed E-state index contributed by atoms with van der Waals surface area (Å²) in [6.07, 6.45) is 1.74. The van der Waals surface area contributed by atoms with Crippen LogP contribution in [-0.4, -0.2) is 26.6 Å². The lowest BCUT2D eigenvalue weighted by Gasteiger charge is -2.22. The van der Waals surface area contributed by atoms with Crippen molar-refractivity contribution in [2.75, 3.05) is 0 Å². The number of oxime groups is 1. The monoisotopic (exact) mass is 568 g/mol. The Kier molecular flexibility index (Phi) is 8.38. The first-order chi connectivity index (χ1) is 18.6. The minimum Gasteiger partial charge on any atom is -0.478 e. The van der Waals surface area contributed by atoms with Crippen molar-refractivity contribution in [2.24, 2.45) is 12.2 Å². The molecular weight excluding hydrogens is 546 g/mol. The minimum absolute atomic E-state index is 0.0340. The van der Waals surface area contributed by atoms with Crippen molar-refractivity contribution >= 4 is 34.9 Å². The van der Waals surface area contributed by atoms with Crippen molar-refractivity contribution in [3.8, 4) is 11.5 Å². The molecule has 0 fully saturated rings. The van der Waals surface area contributed by atoms with Gasteiger partial charge in [0.15, 0.2) is 11.6 Å². The first-order valence-corrected chi connectivity index (χ1v) is 12.5. The van der Waals surface area contributed by atoms with Crippen molar-refractivity contribution in [1.82, 2.24) is 4.57 Å². The Hall–Kier alpha value is -4.14. The molecule has 200 valence electrons. The number of hydrogen-bond acceptors (Lipinski definition) is 5. The number of aromatic carboxylic acids is 1. The number of benzene rings is 3. The quantitative estimate of drug-likeness (QED) is 0.135. The molecule has 4 aromatic rings. The van der Waals surface area contributed by atoms with Crippen molar-refractivity contribution in [2.45, 2.75) is 19.3 Å². The third-order valence-electron chi connectivity index (χ3n) is 6.30. The van der Waals surface area contributed by atoms with E-state index in [1.807, 2.05) is 13.0 Å². The zero-order chi connectivity index (χ0) is 28.3. The molecule has 0 saturated heterocycles. The Bertz CT molecular complexity index is 1650. The van der Waals surface area contributed by atoms with Gasteiger partial charge in [-0.2, -0.15) is 0 Å². The molecular formula is C29H23Cl2FN2O5. The number of carbonyl (C=O) groups is 1. The van der Waals surface area contributed by atoms with Crippen LogP contribution in [0.4, 0.5) is 4.39 Å². The molecule has 0 amide bonds. The van der Waals surface area contributed by atoms with Crippen LogP contribution in [0.15, 0.2) is 82.9 Å². The van der Waals surface area contributed by atoms with E-state index in [2.05, 4.69) is 5.16 Å². The fraction of sp³-hybridized carbons (Fsp3) is 0.138. The Labute approximate surface area is 233 Å². The van der Waals surface area contributed by atoms with E-state index in [4.69, 9.17) is 27.9 Å². The number of halogens is 3. The summed E-state index contributed by atoms with van der Waals surface area (Å²) in [6.45, 7) is 1.88. The molecule has 0 aliphatic carbocycles. The molecule has 1 heterocycles. The zero-order valence-electron chi connectivity index (χ0n) is 20.9. The number of aromatic nitrogens is 1. The highest BCUT2D eigenvalue weighted by molar-refractivity contribution is 6.33. The molecule has 2 N–H and O–H groups in total. The number of nitrogens with zero attached hydrogens (tertiary/aromatic N) is 2. The van der Waals surface area contributed by atoms with E-state index in [9.17, 15) is 19.9 Å². The minimum atomic E-state index is -1.23. The van der Waals surface area contributed by atoms with E-state index in [1.54, 1.807) is 37.5 Å². The van der Waals surface area contributed by atoms with E-state index in [0.29, 0.717) is 21.9 Å². The van der Waals surface area contributed by atoms with Gasteiger partial charge in [-0.15, -0.1) is 0 Å². The van der Waals surface area contributed by atoms with Gasteiger partial charge in [-0.1, -0.05) is 40.5 Å². The summed E-state index contributed by atoms with van der Waals surface area (Å²) in [4.78, 5) is 23.2. The van der Waals surface area contributed by atoms with Gasteiger partial charge in [0.2, 0.25) is 5.56 Å². The topological polar surface area (TPSA) is 101 Å². The Morgan fingerprint density at radius 2 is 1.85 bits per heavy atom. The smallest absolute Gasteiger partial charge is 0.337 e. The van der Waals surface area contributed by atoms with Crippen LogP contribution in [0.25, 0.3) is 0 Å². The molecule has 0 spiro atoms. The van der Waals surface area contributed by atoms with Crippen LogP contribution < -0.4 is 10.3 Å². The Balaban J connectivity index is 1.72. The van der Waals surface area contributed by atoms with Crippen molar-refractivity contribution in [1.29, 1.82) is 0 Å². The van der Waals surface area contributed by atoms with Crippen LogP contribution in [0.2, 0.25) is 10.0 Å². The van der Waals surface area contributed by atoms with Gasteiger partial charge in [0.1, 0.15) is 5.75 Å². The number of ether oxygens (including phenoxy) is 1. The highest BCUT2D eigenvalue weighted by Gasteiger charge is 2.23. The Morgan fingerprint density at radius 3 is 2.49 bits per heavy atom. The van der Waals surface area contributed by atoms with Crippen LogP contribution in [0.5, 0.6) is 11.5 Å². The third-order valence-corrected chi connectivity index (χ3v) is 6.86. The fourth-order valence-electron chi connectivity index (χ4n) is 4.29. The standard InChI is InChI=1S/C29H23Cl2FN2O5/c1-16-11-19(30)5-7-21(16)22(14-26(33-38)18-4-10-28(35)34(2)15-18)17-3-9-27(25(32)12-17)39-20-6-8-24(31)23(13-20)29(36)37/h3-13,15,22,38H,14H2,1-2H3,(H,36,37)/b33-26-. The predicted octanol–water partition coefficient (Wildman–Crippen LogP) is 7.03. The van der Waals surface area contributed by atoms with Crippen LogP contribution >= 0.6 is 23.2 Å². The molecule has 4 rings (SSSR count). The van der Waals surface area contributed by atoms with Gasteiger partial charge in [-0.25, -0.2) is 9.18 Å². The van der Waals surface area contributed by atoms with Crippen molar-refractivity contribution in [3.63, 3.8) is 0 Å². The van der Waals surface area contributed by atoms with Crippen LogP contribution in [0.3, 0.4) is 0 Å². The molecule has 0 saturated carbocycles. The normalized spacial score (nSPS) is 12.3. The van der Waals surface area contributed by atoms with Crippen LogP contribution in [-0.2, 0) is 7.05 Å². The highest BCUT2D eigenvalue weighted by Crippen LogP contribution is 2.36. The molecule has 0 bridgehead atoms. The second kappa shape index (κ2) is 11.7. The highest BCUT2D eigenvalue weighted by atomic mass is 35.5. The largest absolute Gasteiger partial charge is 0.478 e.